The van der Waals surface area contributed by atoms with Crippen LogP contribution in [0.4, 0.5) is 5.69 Å². The zero-order valence-electron chi connectivity index (χ0n) is 60.5. The SMILES string of the molecule is CCCCCCCCCCCCC(CCCCCCCCCC)CCCCCCC1C(=O)/C(=C2/C(=O)N(CCCCCCC(CCCCCCCCCC)CCCCCCCCCCCC)c3cc(-c4ccc(/C=C/c5ccc(C)[se]5)[se]4)ccc32)c2ccc(C)cc21. The molecule has 0 fully saturated rings. The summed E-state index contributed by atoms with van der Waals surface area (Å²) in [5.41, 5.74) is 7.90. The number of amides is 1. The molecule has 0 radical (unpaired) electrons. The Hall–Kier alpha value is -2.94. The summed E-state index contributed by atoms with van der Waals surface area (Å²) in [5.74, 6) is 1.77. The summed E-state index contributed by atoms with van der Waals surface area (Å²) in [7, 11) is 0. The van der Waals surface area contributed by atoms with Gasteiger partial charge in [-0.3, -0.25) is 0 Å². The maximum absolute atomic E-state index is 15.4. The first-order valence-electron chi connectivity index (χ1n) is 40.0. The standard InChI is InChI=1S/C87H137NO2Se2/c1-7-11-15-19-23-27-29-33-37-45-52-73(51-43-35-31-25-21-17-13-9-3)55-47-39-40-49-57-79-81-69-71(5)58-65-78(81)84(86(79)89)85-80-66-60-75(83-67-64-77(92-83)63-62-76-61-59-72(6)91-76)70-82(80)88(87(85)90)68-50-42-41-48-56-74(53-44-36-32-26-22-18-14-10-4)54-46-38-34-30-28-24-20-16-12-8-2/h58-67,69-70,73-74,79H,7-57,68H2,1-6H3/b63-62+,85-84+. The van der Waals surface area contributed by atoms with E-state index in [9.17, 15) is 0 Å². The van der Waals surface area contributed by atoms with Crippen LogP contribution in [0.5, 0.6) is 0 Å². The van der Waals surface area contributed by atoms with Gasteiger partial charge in [0.1, 0.15) is 0 Å². The Kier molecular flexibility index (Phi) is 41.3. The number of benzene rings is 2. The second-order valence-electron chi connectivity index (χ2n) is 29.3. The van der Waals surface area contributed by atoms with Crippen LogP contribution in [-0.4, -0.2) is 47.2 Å². The molecule has 514 valence electrons. The van der Waals surface area contributed by atoms with Gasteiger partial charge >= 0.3 is 274 Å². The molecule has 0 saturated carbocycles. The average Bonchev–Trinajstić information content (AvgIpc) is 1.57. The molecule has 2 aliphatic rings. The van der Waals surface area contributed by atoms with Gasteiger partial charge in [0, 0.05) is 0 Å². The summed E-state index contributed by atoms with van der Waals surface area (Å²) in [5, 5.41) is 0. The molecule has 3 nitrogen and oxygen atoms in total. The van der Waals surface area contributed by atoms with Gasteiger partial charge in [0.15, 0.2) is 0 Å². The van der Waals surface area contributed by atoms with Gasteiger partial charge in [0.2, 0.25) is 0 Å². The number of allylic oxidation sites excluding steroid dienone is 1. The van der Waals surface area contributed by atoms with Crippen molar-refractivity contribution in [3.8, 4) is 10.0 Å². The number of carbonyl (C=O) groups is 2. The number of ketones is 1. The van der Waals surface area contributed by atoms with Crippen molar-refractivity contribution in [2.24, 2.45) is 11.8 Å². The Morgan fingerprint density at radius 2 is 0.783 bits per heavy atom. The predicted molar refractivity (Wildman–Crippen MR) is 409 cm³/mol. The molecule has 0 bridgehead atoms. The molecule has 0 spiro atoms. The van der Waals surface area contributed by atoms with E-state index in [1.165, 1.54) is 331 Å². The molecular weight excluding hydrogens is 1250 g/mol. The van der Waals surface area contributed by atoms with Crippen molar-refractivity contribution in [2.45, 2.75) is 375 Å². The molecule has 1 aliphatic carbocycles. The van der Waals surface area contributed by atoms with Crippen LogP contribution in [-0.2, 0) is 9.59 Å². The number of anilines is 1. The number of Topliss-reactive ketones (excluding diaryl/α,β-unsaturated/α-hetero) is 1. The second-order valence-corrected chi connectivity index (χ2v) is 34.4. The van der Waals surface area contributed by atoms with Crippen LogP contribution in [0.1, 0.15) is 397 Å². The zero-order valence-corrected chi connectivity index (χ0v) is 63.9. The number of hydrogen-bond acceptors (Lipinski definition) is 2. The number of nitrogens with zero attached hydrogens (tertiary/aromatic N) is 1. The van der Waals surface area contributed by atoms with E-state index in [1.54, 1.807) is 0 Å². The van der Waals surface area contributed by atoms with Crippen molar-refractivity contribution in [1.29, 1.82) is 0 Å². The van der Waals surface area contributed by atoms with Crippen LogP contribution in [0.25, 0.3) is 33.3 Å². The topological polar surface area (TPSA) is 37.4 Å². The van der Waals surface area contributed by atoms with Crippen LogP contribution in [0.15, 0.2) is 60.7 Å². The van der Waals surface area contributed by atoms with Gasteiger partial charge in [0.05, 0.1) is 0 Å². The summed E-state index contributed by atoms with van der Waals surface area (Å²) in [6, 6.07) is 22.6. The molecule has 6 rings (SSSR count). The first kappa shape index (κ1) is 78.1. The van der Waals surface area contributed by atoms with Gasteiger partial charge in [-0.25, -0.2) is 0 Å². The van der Waals surface area contributed by atoms with E-state index in [0.717, 1.165) is 59.9 Å². The van der Waals surface area contributed by atoms with Gasteiger partial charge in [-0.2, -0.15) is 0 Å². The number of unbranched alkanes of at least 4 members (excludes halogenated alkanes) is 38. The number of hydrogen-bond donors (Lipinski definition) is 0. The third-order valence-electron chi connectivity index (χ3n) is 21.2. The van der Waals surface area contributed by atoms with Crippen molar-refractivity contribution in [1.82, 2.24) is 0 Å². The van der Waals surface area contributed by atoms with E-state index in [0.29, 0.717) is 32.2 Å². The molecule has 2 aromatic heterocycles. The quantitative estimate of drug-likeness (QED) is 0.0251. The fraction of sp³-hybridized carbons (Fsp3) is 0.701. The minimum atomic E-state index is -0.183. The van der Waals surface area contributed by atoms with Crippen LogP contribution in [0.2, 0.25) is 0 Å². The summed E-state index contributed by atoms with van der Waals surface area (Å²) in [4.78, 5) is 32.8. The molecule has 0 N–H and O–H groups in total. The molecule has 1 amide bonds. The molecule has 1 aliphatic heterocycles. The fourth-order valence-corrected chi connectivity index (χ4v) is 19.0. The van der Waals surface area contributed by atoms with E-state index in [1.807, 2.05) is 0 Å². The summed E-state index contributed by atoms with van der Waals surface area (Å²) in [6.45, 7) is 14.4. The Morgan fingerprint density at radius 1 is 0.391 bits per heavy atom. The van der Waals surface area contributed by atoms with Crippen molar-refractivity contribution in [3.63, 3.8) is 0 Å². The van der Waals surface area contributed by atoms with E-state index in [2.05, 4.69) is 119 Å². The summed E-state index contributed by atoms with van der Waals surface area (Å²) in [6.07, 6.45) is 74.1. The van der Waals surface area contributed by atoms with Gasteiger partial charge in [-0.1, -0.05) is 304 Å². The Bertz CT molecular complexity index is 2640. The number of rotatable bonds is 57. The van der Waals surface area contributed by atoms with Crippen molar-refractivity contribution >= 4 is 69.7 Å². The Morgan fingerprint density at radius 3 is 1.22 bits per heavy atom. The molecule has 3 atom stereocenters. The number of aryl methyl sites for hydroxylation is 2. The third kappa shape index (κ3) is 29.4. The normalized spacial score (nSPS) is 15.5. The molecule has 5 heteroatoms. The van der Waals surface area contributed by atoms with E-state index in [4.69, 9.17) is 0 Å². The van der Waals surface area contributed by atoms with Gasteiger partial charge in [-0.05, 0) is 5.92 Å². The third-order valence-corrected chi connectivity index (χ3v) is 25.6. The van der Waals surface area contributed by atoms with Gasteiger partial charge in [0.25, 0.3) is 0 Å². The van der Waals surface area contributed by atoms with Gasteiger partial charge < -0.3 is 0 Å². The minimum absolute atomic E-state index is 0.0391. The summed E-state index contributed by atoms with van der Waals surface area (Å²) < 4.78 is 5.67. The van der Waals surface area contributed by atoms with E-state index in [-0.39, 0.29) is 32.1 Å². The van der Waals surface area contributed by atoms with Crippen molar-refractivity contribution in [2.75, 3.05) is 11.4 Å². The van der Waals surface area contributed by atoms with Crippen molar-refractivity contribution in [3.05, 3.63) is 96.2 Å². The van der Waals surface area contributed by atoms with Crippen LogP contribution in [0, 0.1) is 25.7 Å². The van der Waals surface area contributed by atoms with Crippen LogP contribution >= 0.6 is 0 Å². The zero-order chi connectivity index (χ0) is 65.1. The molecule has 3 unspecified atom stereocenters. The first-order valence-corrected chi connectivity index (χ1v) is 43.4. The molecule has 2 aromatic carbocycles. The summed E-state index contributed by atoms with van der Waals surface area (Å²) >= 11 is 0.616. The molecule has 4 aromatic rings. The fourth-order valence-electron chi connectivity index (χ4n) is 15.5. The van der Waals surface area contributed by atoms with Crippen LogP contribution in [0.3, 0.4) is 0 Å². The first-order chi connectivity index (χ1) is 45.3. The van der Waals surface area contributed by atoms with Crippen LogP contribution < -0.4 is 4.90 Å². The predicted octanol–water partition coefficient (Wildman–Crippen LogP) is 27.4. The second kappa shape index (κ2) is 48.7. The molecule has 3 heterocycles. The molecule has 0 saturated heterocycles. The average molecular weight is 1390 g/mol. The monoisotopic (exact) mass is 1390 g/mol. The van der Waals surface area contributed by atoms with E-state index < -0.39 is 0 Å². The molecule has 92 heavy (non-hydrogen) atoms. The van der Waals surface area contributed by atoms with E-state index >= 15 is 9.59 Å². The number of fused-ring (bicyclic) bond motifs is 2. The number of carbonyl (C=O) groups excluding carboxylic acids is 2. The van der Waals surface area contributed by atoms with Crippen molar-refractivity contribution < 1.29 is 9.59 Å². The maximum atomic E-state index is 15.4. The van der Waals surface area contributed by atoms with Gasteiger partial charge in [-0.15, -0.1) is 0 Å². The Labute approximate surface area is 579 Å². The Balaban J connectivity index is 1.09. The molecular formula is C87H137NO2Se2.